The molecule has 4 heteroatoms. The van der Waals surface area contributed by atoms with Gasteiger partial charge in [-0.05, 0) is 44.9 Å². The molecule has 1 heterocycles. The van der Waals surface area contributed by atoms with Gasteiger partial charge in [0.2, 0.25) is 0 Å². The fourth-order valence-electron chi connectivity index (χ4n) is 3.14. The number of aliphatic imine (C=N–C) groups is 1. The highest BCUT2D eigenvalue weighted by atomic mass is 15.3. The summed E-state index contributed by atoms with van der Waals surface area (Å²) in [6.07, 6.45) is 6.80. The Morgan fingerprint density at radius 1 is 1.16 bits per heavy atom. The Morgan fingerprint density at radius 2 is 1.95 bits per heavy atom. The molecule has 0 spiro atoms. The molecule has 1 saturated heterocycles. The monoisotopic (exact) mass is 264 g/mol. The topological polar surface area (TPSA) is 39.7 Å². The fraction of sp³-hybridized carbons (Fsp3) is 0.933. The third-order valence-corrected chi connectivity index (χ3v) is 4.79. The molecular weight excluding hydrogens is 236 g/mol. The summed E-state index contributed by atoms with van der Waals surface area (Å²) >= 11 is 0. The summed E-state index contributed by atoms with van der Waals surface area (Å²) < 4.78 is 0. The zero-order valence-electron chi connectivity index (χ0n) is 12.4. The van der Waals surface area contributed by atoms with E-state index in [1.165, 1.54) is 45.2 Å². The van der Waals surface area contributed by atoms with E-state index in [9.17, 15) is 0 Å². The van der Waals surface area contributed by atoms with E-state index in [-0.39, 0.29) is 0 Å². The van der Waals surface area contributed by atoms with Crippen LogP contribution in [0, 0.1) is 5.92 Å². The van der Waals surface area contributed by atoms with Crippen LogP contribution in [0.25, 0.3) is 0 Å². The van der Waals surface area contributed by atoms with E-state index in [1.807, 2.05) is 0 Å². The molecule has 0 radical (unpaired) electrons. The average Bonchev–Trinajstić information content (AvgIpc) is 3.11. The Labute approximate surface area is 117 Å². The van der Waals surface area contributed by atoms with Crippen LogP contribution in [0.2, 0.25) is 0 Å². The van der Waals surface area contributed by atoms with Crippen molar-refractivity contribution >= 4 is 5.96 Å². The van der Waals surface area contributed by atoms with Crippen LogP contribution in [0.5, 0.6) is 0 Å². The van der Waals surface area contributed by atoms with E-state index in [0.717, 1.165) is 24.5 Å². The van der Waals surface area contributed by atoms with E-state index in [0.29, 0.717) is 12.1 Å². The van der Waals surface area contributed by atoms with Gasteiger partial charge in [-0.15, -0.1) is 0 Å². The molecule has 2 saturated carbocycles. The molecule has 0 bridgehead atoms. The molecule has 3 rings (SSSR count). The van der Waals surface area contributed by atoms with Crippen LogP contribution in [0.15, 0.2) is 4.99 Å². The van der Waals surface area contributed by atoms with Gasteiger partial charge in [0, 0.05) is 37.8 Å². The molecule has 2 atom stereocenters. The minimum absolute atomic E-state index is 0.568. The van der Waals surface area contributed by atoms with E-state index in [1.54, 1.807) is 0 Å². The summed E-state index contributed by atoms with van der Waals surface area (Å²) in [5.74, 6) is 1.77. The Kier molecular flexibility index (Phi) is 3.96. The van der Waals surface area contributed by atoms with Gasteiger partial charge in [0.25, 0.3) is 0 Å². The highest BCUT2D eigenvalue weighted by Crippen LogP contribution is 2.31. The molecule has 0 aromatic carbocycles. The van der Waals surface area contributed by atoms with Gasteiger partial charge in [-0.25, -0.2) is 0 Å². The average molecular weight is 264 g/mol. The van der Waals surface area contributed by atoms with Crippen molar-refractivity contribution in [1.82, 2.24) is 15.5 Å². The van der Waals surface area contributed by atoms with Crippen LogP contribution >= 0.6 is 0 Å². The molecule has 108 valence electrons. The summed E-state index contributed by atoms with van der Waals surface area (Å²) in [6.45, 7) is 7.78. The van der Waals surface area contributed by atoms with Crippen molar-refractivity contribution in [3.8, 4) is 0 Å². The maximum absolute atomic E-state index is 4.61. The first-order valence-electron chi connectivity index (χ1n) is 8.08. The number of likely N-dealkylation sites (tertiary alicyclic amines) is 1. The SMILES string of the molecule is CCN=C(NC1CCC1)NC1CN(C2CC2)CC1C. The molecule has 3 fully saturated rings. The standard InChI is InChI=1S/C15H28N4/c1-3-16-15(17-12-5-4-6-12)18-14-10-19(9-11(14)2)13-7-8-13/h11-14H,3-10H2,1-2H3,(H2,16,17,18). The van der Waals surface area contributed by atoms with Crippen LogP contribution in [0.1, 0.15) is 46.0 Å². The first-order valence-corrected chi connectivity index (χ1v) is 8.08. The molecule has 0 amide bonds. The van der Waals surface area contributed by atoms with Crippen LogP contribution in [-0.4, -0.2) is 48.6 Å². The van der Waals surface area contributed by atoms with Gasteiger partial charge in [-0.3, -0.25) is 9.89 Å². The zero-order valence-corrected chi connectivity index (χ0v) is 12.4. The zero-order chi connectivity index (χ0) is 13.2. The molecule has 2 unspecified atom stereocenters. The van der Waals surface area contributed by atoms with E-state index in [4.69, 9.17) is 0 Å². The fourth-order valence-corrected chi connectivity index (χ4v) is 3.14. The van der Waals surface area contributed by atoms with Gasteiger partial charge >= 0.3 is 0 Å². The Balaban J connectivity index is 1.53. The van der Waals surface area contributed by atoms with Gasteiger partial charge in [0.05, 0.1) is 0 Å². The predicted octanol–water partition coefficient (Wildman–Crippen LogP) is 1.58. The van der Waals surface area contributed by atoms with E-state index in [2.05, 4.69) is 34.4 Å². The number of nitrogens with zero attached hydrogens (tertiary/aromatic N) is 2. The van der Waals surface area contributed by atoms with Gasteiger partial charge in [-0.2, -0.15) is 0 Å². The largest absolute Gasteiger partial charge is 0.354 e. The number of rotatable bonds is 4. The third-order valence-electron chi connectivity index (χ3n) is 4.79. The maximum Gasteiger partial charge on any atom is 0.191 e. The summed E-state index contributed by atoms with van der Waals surface area (Å²) in [5, 5.41) is 7.26. The lowest BCUT2D eigenvalue weighted by Gasteiger charge is -2.30. The first-order chi connectivity index (χ1) is 9.26. The lowest BCUT2D eigenvalue weighted by Crippen LogP contribution is -2.51. The molecule has 0 aromatic heterocycles. The van der Waals surface area contributed by atoms with Crippen molar-refractivity contribution < 1.29 is 0 Å². The lowest BCUT2D eigenvalue weighted by atomic mass is 9.93. The maximum atomic E-state index is 4.61. The second kappa shape index (κ2) is 5.70. The summed E-state index contributed by atoms with van der Waals surface area (Å²) in [6, 6.07) is 2.12. The third kappa shape index (κ3) is 3.22. The number of guanidine groups is 1. The Bertz CT molecular complexity index is 333. The summed E-state index contributed by atoms with van der Waals surface area (Å²) in [7, 11) is 0. The van der Waals surface area contributed by atoms with Crippen molar-refractivity contribution in [2.24, 2.45) is 10.9 Å². The molecule has 3 aliphatic rings. The van der Waals surface area contributed by atoms with Crippen LogP contribution in [0.3, 0.4) is 0 Å². The van der Waals surface area contributed by atoms with Crippen molar-refractivity contribution in [1.29, 1.82) is 0 Å². The minimum atomic E-state index is 0.568. The lowest BCUT2D eigenvalue weighted by molar-refractivity contribution is 0.315. The minimum Gasteiger partial charge on any atom is -0.354 e. The molecule has 19 heavy (non-hydrogen) atoms. The van der Waals surface area contributed by atoms with Gasteiger partial charge in [-0.1, -0.05) is 6.92 Å². The highest BCUT2D eigenvalue weighted by molar-refractivity contribution is 5.80. The molecule has 2 aliphatic carbocycles. The van der Waals surface area contributed by atoms with E-state index >= 15 is 0 Å². The van der Waals surface area contributed by atoms with Gasteiger partial charge in [0.15, 0.2) is 5.96 Å². The Hall–Kier alpha value is -0.770. The van der Waals surface area contributed by atoms with Crippen molar-refractivity contribution in [3.63, 3.8) is 0 Å². The van der Waals surface area contributed by atoms with Crippen LogP contribution in [0.4, 0.5) is 0 Å². The van der Waals surface area contributed by atoms with Crippen molar-refractivity contribution in [3.05, 3.63) is 0 Å². The molecule has 0 aromatic rings. The van der Waals surface area contributed by atoms with E-state index < -0.39 is 0 Å². The van der Waals surface area contributed by atoms with Gasteiger partial charge < -0.3 is 10.6 Å². The quantitative estimate of drug-likeness (QED) is 0.598. The second-order valence-electron chi connectivity index (χ2n) is 6.51. The smallest absolute Gasteiger partial charge is 0.191 e. The second-order valence-corrected chi connectivity index (χ2v) is 6.51. The predicted molar refractivity (Wildman–Crippen MR) is 79.4 cm³/mol. The first kappa shape index (κ1) is 13.2. The normalized spacial score (nSPS) is 33.3. The number of hydrogen-bond donors (Lipinski definition) is 2. The van der Waals surface area contributed by atoms with Crippen LogP contribution in [-0.2, 0) is 0 Å². The Morgan fingerprint density at radius 3 is 2.53 bits per heavy atom. The summed E-state index contributed by atoms with van der Waals surface area (Å²) in [4.78, 5) is 7.27. The highest BCUT2D eigenvalue weighted by Gasteiger charge is 2.38. The molecule has 4 nitrogen and oxygen atoms in total. The van der Waals surface area contributed by atoms with Gasteiger partial charge in [0.1, 0.15) is 0 Å². The summed E-state index contributed by atoms with van der Waals surface area (Å²) in [5.41, 5.74) is 0. The molecule has 1 aliphatic heterocycles. The van der Waals surface area contributed by atoms with Crippen molar-refractivity contribution in [2.75, 3.05) is 19.6 Å². The molecular formula is C15H28N4. The number of nitrogens with one attached hydrogen (secondary N) is 2. The van der Waals surface area contributed by atoms with Crippen molar-refractivity contribution in [2.45, 2.75) is 64.1 Å². The molecule has 2 N–H and O–H groups in total. The number of hydrogen-bond acceptors (Lipinski definition) is 2. The van der Waals surface area contributed by atoms with Crippen LogP contribution < -0.4 is 10.6 Å².